The lowest BCUT2D eigenvalue weighted by Gasteiger charge is -2.17. The van der Waals surface area contributed by atoms with Crippen LogP contribution in [0.1, 0.15) is 24.3 Å². The maximum Gasteiger partial charge on any atom is 0.358 e. The minimum Gasteiger partial charge on any atom is -0.476 e. The Bertz CT molecular complexity index is 366. The van der Waals surface area contributed by atoms with Gasteiger partial charge in [-0.25, -0.2) is 4.79 Å². The fourth-order valence-corrected chi connectivity index (χ4v) is 2.41. The third kappa shape index (κ3) is 5.05. The molecule has 7 heteroatoms. The van der Waals surface area contributed by atoms with E-state index in [1.54, 1.807) is 4.68 Å². The van der Waals surface area contributed by atoms with E-state index >= 15 is 0 Å². The molecular weight excluding hydrogens is 252 g/mol. The molecule has 0 aliphatic rings. The summed E-state index contributed by atoms with van der Waals surface area (Å²) in [6, 6.07) is 0. The molecule has 0 saturated heterocycles. The van der Waals surface area contributed by atoms with Crippen LogP contribution in [-0.2, 0) is 6.54 Å². The van der Waals surface area contributed by atoms with Gasteiger partial charge >= 0.3 is 5.97 Å². The van der Waals surface area contributed by atoms with E-state index in [-0.39, 0.29) is 5.69 Å². The first-order chi connectivity index (χ1) is 8.67. The molecule has 0 radical (unpaired) electrons. The average Bonchev–Trinajstić information content (AvgIpc) is 2.83. The molecule has 1 N–H and O–H groups in total. The number of carbonyl (C=O) groups is 1. The number of aromatic carboxylic acids is 1. The highest BCUT2D eigenvalue weighted by molar-refractivity contribution is 7.99. The Morgan fingerprint density at radius 2 is 2.17 bits per heavy atom. The second-order valence-electron chi connectivity index (χ2n) is 3.81. The molecule has 1 aromatic heterocycles. The van der Waals surface area contributed by atoms with E-state index in [0.29, 0.717) is 6.54 Å². The zero-order chi connectivity index (χ0) is 13.4. The van der Waals surface area contributed by atoms with Crippen LogP contribution in [0.4, 0.5) is 0 Å². The smallest absolute Gasteiger partial charge is 0.358 e. The number of carboxylic acids is 1. The lowest BCUT2D eigenvalue weighted by Crippen LogP contribution is -2.25. The summed E-state index contributed by atoms with van der Waals surface area (Å²) in [6.45, 7) is 8.29. The molecule has 102 valence electrons. The van der Waals surface area contributed by atoms with Crippen LogP contribution < -0.4 is 0 Å². The van der Waals surface area contributed by atoms with Crippen molar-refractivity contribution in [3.8, 4) is 0 Å². The van der Waals surface area contributed by atoms with E-state index in [1.807, 2.05) is 11.8 Å². The summed E-state index contributed by atoms with van der Waals surface area (Å²) in [5, 5.41) is 16.0. The minimum atomic E-state index is -1.03. The molecule has 0 unspecified atom stereocenters. The Balaban J connectivity index is 2.15. The van der Waals surface area contributed by atoms with Gasteiger partial charge in [-0.2, -0.15) is 11.8 Å². The largest absolute Gasteiger partial charge is 0.476 e. The Morgan fingerprint density at radius 3 is 2.72 bits per heavy atom. The van der Waals surface area contributed by atoms with Gasteiger partial charge < -0.3 is 10.0 Å². The first-order valence-electron chi connectivity index (χ1n) is 6.10. The fourth-order valence-electron chi connectivity index (χ4n) is 1.50. The quantitative estimate of drug-likeness (QED) is 0.678. The zero-order valence-corrected chi connectivity index (χ0v) is 11.7. The summed E-state index contributed by atoms with van der Waals surface area (Å²) in [5.74, 6) is 0.974. The van der Waals surface area contributed by atoms with Crippen molar-refractivity contribution in [1.29, 1.82) is 0 Å². The fraction of sp³-hybridized carbons (Fsp3) is 0.727. The van der Waals surface area contributed by atoms with Gasteiger partial charge in [-0.1, -0.05) is 19.1 Å². The maximum absolute atomic E-state index is 10.6. The molecule has 1 heterocycles. The highest BCUT2D eigenvalue weighted by Crippen LogP contribution is 2.03. The number of nitrogens with zero attached hydrogens (tertiary/aromatic N) is 4. The third-order valence-corrected chi connectivity index (χ3v) is 3.61. The Morgan fingerprint density at radius 1 is 1.44 bits per heavy atom. The molecule has 6 nitrogen and oxygen atoms in total. The standard InChI is InChI=1S/C11H20N4O2S/c1-3-14(4-2)5-7-18-8-6-15-9-10(11(16)17)12-13-15/h9H,3-8H2,1-2H3,(H,16,17). The Labute approximate surface area is 111 Å². The number of aromatic nitrogens is 3. The van der Waals surface area contributed by atoms with E-state index < -0.39 is 5.97 Å². The zero-order valence-electron chi connectivity index (χ0n) is 10.9. The number of hydrogen-bond donors (Lipinski definition) is 1. The normalized spacial score (nSPS) is 11.1. The first-order valence-corrected chi connectivity index (χ1v) is 7.26. The van der Waals surface area contributed by atoms with Crippen molar-refractivity contribution in [2.45, 2.75) is 20.4 Å². The van der Waals surface area contributed by atoms with Crippen LogP contribution in [0.2, 0.25) is 0 Å². The Kier molecular flexibility index (Phi) is 6.74. The molecule has 0 aliphatic heterocycles. The summed E-state index contributed by atoms with van der Waals surface area (Å²) in [7, 11) is 0. The van der Waals surface area contributed by atoms with Crippen LogP contribution >= 0.6 is 11.8 Å². The van der Waals surface area contributed by atoms with E-state index in [0.717, 1.165) is 31.1 Å². The van der Waals surface area contributed by atoms with Crippen molar-refractivity contribution in [2.24, 2.45) is 0 Å². The summed E-state index contributed by atoms with van der Waals surface area (Å²) in [4.78, 5) is 13.0. The molecule has 0 aliphatic carbocycles. The number of hydrogen-bond acceptors (Lipinski definition) is 5. The highest BCUT2D eigenvalue weighted by Gasteiger charge is 2.07. The van der Waals surface area contributed by atoms with Gasteiger partial charge in [0.1, 0.15) is 0 Å². The summed E-state index contributed by atoms with van der Waals surface area (Å²) >= 11 is 1.85. The van der Waals surface area contributed by atoms with Gasteiger partial charge in [-0.15, -0.1) is 5.10 Å². The minimum absolute atomic E-state index is 0.00291. The molecule has 0 saturated carbocycles. The molecular formula is C11H20N4O2S. The molecule has 0 bridgehead atoms. The SMILES string of the molecule is CCN(CC)CCSCCn1cc(C(=O)O)nn1. The second-order valence-corrected chi connectivity index (χ2v) is 5.04. The highest BCUT2D eigenvalue weighted by atomic mass is 32.2. The molecule has 18 heavy (non-hydrogen) atoms. The van der Waals surface area contributed by atoms with E-state index in [9.17, 15) is 4.79 Å². The molecule has 0 amide bonds. The van der Waals surface area contributed by atoms with Gasteiger partial charge in [-0.05, 0) is 13.1 Å². The van der Waals surface area contributed by atoms with Crippen molar-refractivity contribution in [3.05, 3.63) is 11.9 Å². The van der Waals surface area contributed by atoms with Crippen LogP contribution in [0.15, 0.2) is 6.20 Å². The van der Waals surface area contributed by atoms with Crippen LogP contribution in [-0.4, -0.2) is 62.1 Å². The van der Waals surface area contributed by atoms with Crippen molar-refractivity contribution in [2.75, 3.05) is 31.1 Å². The second kappa shape index (κ2) is 8.10. The van der Waals surface area contributed by atoms with Crippen molar-refractivity contribution in [1.82, 2.24) is 19.9 Å². The lowest BCUT2D eigenvalue weighted by atomic mass is 10.5. The van der Waals surface area contributed by atoms with Gasteiger partial charge in [0.15, 0.2) is 5.69 Å². The number of thioether (sulfide) groups is 1. The molecule has 0 spiro atoms. The average molecular weight is 272 g/mol. The molecule has 0 fully saturated rings. The summed E-state index contributed by atoms with van der Waals surface area (Å²) in [5.41, 5.74) is 0.00291. The number of carboxylic acid groups (broad SMARTS) is 1. The van der Waals surface area contributed by atoms with Gasteiger partial charge in [0, 0.05) is 18.1 Å². The topological polar surface area (TPSA) is 71.2 Å². The molecule has 1 aromatic rings. The van der Waals surface area contributed by atoms with E-state index in [2.05, 4.69) is 29.1 Å². The summed E-state index contributed by atoms with van der Waals surface area (Å²) < 4.78 is 1.58. The lowest BCUT2D eigenvalue weighted by molar-refractivity contribution is 0.0690. The van der Waals surface area contributed by atoms with Crippen molar-refractivity contribution in [3.63, 3.8) is 0 Å². The summed E-state index contributed by atoms with van der Waals surface area (Å²) in [6.07, 6.45) is 1.47. The van der Waals surface area contributed by atoms with E-state index in [1.165, 1.54) is 6.20 Å². The van der Waals surface area contributed by atoms with Crippen LogP contribution in [0.5, 0.6) is 0 Å². The van der Waals surface area contributed by atoms with Crippen molar-refractivity contribution < 1.29 is 9.90 Å². The first kappa shape index (κ1) is 15.0. The third-order valence-electron chi connectivity index (χ3n) is 2.67. The maximum atomic E-state index is 10.6. The number of aryl methyl sites for hydroxylation is 1. The van der Waals surface area contributed by atoms with Gasteiger partial charge in [0.05, 0.1) is 12.7 Å². The predicted octanol–water partition coefficient (Wildman–Crippen LogP) is 1.05. The van der Waals surface area contributed by atoms with E-state index in [4.69, 9.17) is 5.11 Å². The van der Waals surface area contributed by atoms with Gasteiger partial charge in [0.25, 0.3) is 0 Å². The van der Waals surface area contributed by atoms with Gasteiger partial charge in [0.2, 0.25) is 0 Å². The van der Waals surface area contributed by atoms with Crippen molar-refractivity contribution >= 4 is 17.7 Å². The molecule has 0 aromatic carbocycles. The number of rotatable bonds is 9. The molecule has 1 rings (SSSR count). The Hall–Kier alpha value is -1.08. The molecule has 0 atom stereocenters. The monoisotopic (exact) mass is 272 g/mol. The van der Waals surface area contributed by atoms with Gasteiger partial charge in [-0.3, -0.25) is 4.68 Å². The van der Waals surface area contributed by atoms with Crippen LogP contribution in [0, 0.1) is 0 Å². The predicted molar refractivity (Wildman–Crippen MR) is 72.1 cm³/mol. The van der Waals surface area contributed by atoms with Crippen LogP contribution in [0.3, 0.4) is 0 Å². The van der Waals surface area contributed by atoms with Crippen LogP contribution in [0.25, 0.3) is 0 Å².